The molecule has 1 aliphatic carbocycles. The third-order valence-electron chi connectivity index (χ3n) is 3.49. The van der Waals surface area contributed by atoms with Crippen molar-refractivity contribution >= 4 is 34.0 Å². The predicted molar refractivity (Wildman–Crippen MR) is 82.3 cm³/mol. The molecule has 0 radical (unpaired) electrons. The van der Waals surface area contributed by atoms with Gasteiger partial charge in [0.2, 0.25) is 0 Å². The minimum atomic E-state index is -0.372. The molecule has 2 rings (SSSR count). The van der Waals surface area contributed by atoms with Gasteiger partial charge in [-0.05, 0) is 59.9 Å². The minimum absolute atomic E-state index is 0.138. The second-order valence-electron chi connectivity index (χ2n) is 4.99. The standard InChI is InChI=1S/C13H17IN2O3/c14-12-7-10(4-5-13(12)16(18)19)15-8-9-2-1-3-11(17)6-9/h4-5,7,9,11,15,17H,1-3,6,8H2. The summed E-state index contributed by atoms with van der Waals surface area (Å²) in [6.07, 6.45) is 3.79. The molecule has 19 heavy (non-hydrogen) atoms. The molecule has 0 heterocycles. The number of aliphatic hydroxyl groups is 1. The first kappa shape index (κ1) is 14.5. The van der Waals surface area contributed by atoms with Crippen LogP contribution in [0.5, 0.6) is 0 Å². The van der Waals surface area contributed by atoms with E-state index in [0.29, 0.717) is 9.49 Å². The zero-order chi connectivity index (χ0) is 13.8. The van der Waals surface area contributed by atoms with Crippen molar-refractivity contribution in [3.05, 3.63) is 31.9 Å². The molecule has 104 valence electrons. The van der Waals surface area contributed by atoms with Crippen molar-refractivity contribution < 1.29 is 10.0 Å². The lowest BCUT2D eigenvalue weighted by Gasteiger charge is -2.26. The Morgan fingerprint density at radius 3 is 2.89 bits per heavy atom. The molecule has 0 bridgehead atoms. The van der Waals surface area contributed by atoms with Gasteiger partial charge >= 0.3 is 0 Å². The van der Waals surface area contributed by atoms with Crippen LogP contribution in [0.25, 0.3) is 0 Å². The Morgan fingerprint density at radius 1 is 1.47 bits per heavy atom. The molecule has 1 fully saturated rings. The first-order chi connectivity index (χ1) is 9.06. The molecule has 1 aliphatic rings. The molecule has 2 unspecified atom stereocenters. The number of nitro benzene ring substituents is 1. The maximum atomic E-state index is 10.7. The van der Waals surface area contributed by atoms with Gasteiger partial charge in [-0.3, -0.25) is 10.1 Å². The average molecular weight is 376 g/mol. The topological polar surface area (TPSA) is 75.4 Å². The normalized spacial score (nSPS) is 23.1. The van der Waals surface area contributed by atoms with E-state index in [1.807, 2.05) is 22.6 Å². The number of aliphatic hydroxyl groups excluding tert-OH is 1. The summed E-state index contributed by atoms with van der Waals surface area (Å²) in [5.74, 6) is 0.483. The summed E-state index contributed by atoms with van der Waals surface area (Å²) in [6, 6.07) is 5.05. The fourth-order valence-electron chi connectivity index (χ4n) is 2.48. The Bertz CT molecular complexity index is 467. The summed E-state index contributed by atoms with van der Waals surface area (Å²) in [6.45, 7) is 0.810. The van der Waals surface area contributed by atoms with E-state index in [4.69, 9.17) is 0 Å². The highest BCUT2D eigenvalue weighted by Gasteiger charge is 2.20. The van der Waals surface area contributed by atoms with Crippen molar-refractivity contribution in [2.24, 2.45) is 5.92 Å². The second-order valence-corrected chi connectivity index (χ2v) is 6.15. The van der Waals surface area contributed by atoms with Gasteiger partial charge in [-0.1, -0.05) is 6.42 Å². The molecule has 0 aromatic heterocycles. The van der Waals surface area contributed by atoms with Crippen LogP contribution < -0.4 is 5.32 Å². The second kappa shape index (κ2) is 6.51. The zero-order valence-corrected chi connectivity index (χ0v) is 12.7. The van der Waals surface area contributed by atoms with Crippen molar-refractivity contribution in [1.82, 2.24) is 0 Å². The van der Waals surface area contributed by atoms with Crippen LogP contribution >= 0.6 is 22.6 Å². The first-order valence-electron chi connectivity index (χ1n) is 6.42. The molecule has 5 nitrogen and oxygen atoms in total. The van der Waals surface area contributed by atoms with Crippen molar-refractivity contribution in [1.29, 1.82) is 0 Å². The number of anilines is 1. The summed E-state index contributed by atoms with van der Waals surface area (Å²) in [7, 11) is 0. The highest BCUT2D eigenvalue weighted by Crippen LogP contribution is 2.27. The number of nitrogens with zero attached hydrogens (tertiary/aromatic N) is 1. The highest BCUT2D eigenvalue weighted by atomic mass is 127. The van der Waals surface area contributed by atoms with Crippen LogP contribution in [0.1, 0.15) is 25.7 Å². The predicted octanol–water partition coefficient (Wildman–Crippen LogP) is 3.16. The lowest BCUT2D eigenvalue weighted by atomic mass is 9.87. The van der Waals surface area contributed by atoms with Gasteiger partial charge in [-0.25, -0.2) is 0 Å². The number of benzene rings is 1. The summed E-state index contributed by atoms with van der Waals surface area (Å²) in [5, 5.41) is 23.6. The number of nitrogens with one attached hydrogen (secondary N) is 1. The van der Waals surface area contributed by atoms with Crippen molar-refractivity contribution in [2.45, 2.75) is 31.8 Å². The number of nitro groups is 1. The van der Waals surface area contributed by atoms with Crippen molar-refractivity contribution in [3.63, 3.8) is 0 Å². The van der Waals surface area contributed by atoms with Gasteiger partial charge in [0.05, 0.1) is 14.6 Å². The molecule has 0 spiro atoms. The summed E-state index contributed by atoms with van der Waals surface area (Å²) in [5.41, 5.74) is 1.04. The van der Waals surface area contributed by atoms with Crippen LogP contribution in [0.2, 0.25) is 0 Å². The van der Waals surface area contributed by atoms with Gasteiger partial charge in [0.15, 0.2) is 0 Å². The molecular formula is C13H17IN2O3. The van der Waals surface area contributed by atoms with Crippen LogP contribution in [0, 0.1) is 19.6 Å². The Labute approximate surface area is 125 Å². The highest BCUT2D eigenvalue weighted by molar-refractivity contribution is 14.1. The molecule has 0 saturated heterocycles. The fourth-order valence-corrected chi connectivity index (χ4v) is 3.19. The average Bonchev–Trinajstić information content (AvgIpc) is 2.36. The van der Waals surface area contributed by atoms with Gasteiger partial charge < -0.3 is 10.4 Å². The number of halogens is 1. The summed E-state index contributed by atoms with van der Waals surface area (Å²) >= 11 is 1.98. The zero-order valence-electron chi connectivity index (χ0n) is 10.5. The number of hydrogen-bond donors (Lipinski definition) is 2. The van der Waals surface area contributed by atoms with Crippen LogP contribution in [0.15, 0.2) is 18.2 Å². The third kappa shape index (κ3) is 4.04. The van der Waals surface area contributed by atoms with Gasteiger partial charge in [-0.2, -0.15) is 0 Å². The van der Waals surface area contributed by atoms with Crippen LogP contribution in [-0.2, 0) is 0 Å². The summed E-state index contributed by atoms with van der Waals surface area (Å²) < 4.78 is 0.635. The molecule has 1 saturated carbocycles. The van der Waals surface area contributed by atoms with Gasteiger partial charge in [0, 0.05) is 18.3 Å². The van der Waals surface area contributed by atoms with Crippen LogP contribution in [-0.4, -0.2) is 22.7 Å². The Balaban J connectivity index is 1.92. The molecule has 1 aromatic carbocycles. The van der Waals surface area contributed by atoms with Crippen LogP contribution in [0.4, 0.5) is 11.4 Å². The van der Waals surface area contributed by atoms with Crippen molar-refractivity contribution in [2.75, 3.05) is 11.9 Å². The van der Waals surface area contributed by atoms with E-state index < -0.39 is 0 Å². The lowest BCUT2D eigenvalue weighted by molar-refractivity contribution is -0.385. The largest absolute Gasteiger partial charge is 0.393 e. The van der Waals surface area contributed by atoms with E-state index in [2.05, 4.69) is 5.32 Å². The Morgan fingerprint density at radius 2 is 2.26 bits per heavy atom. The van der Waals surface area contributed by atoms with Gasteiger partial charge in [0.25, 0.3) is 5.69 Å². The molecule has 1 aromatic rings. The minimum Gasteiger partial charge on any atom is -0.393 e. The maximum absolute atomic E-state index is 10.7. The number of rotatable bonds is 4. The molecule has 0 aliphatic heterocycles. The molecule has 2 atom stereocenters. The Hall–Kier alpha value is -0.890. The molecule has 6 heteroatoms. The van der Waals surface area contributed by atoms with E-state index >= 15 is 0 Å². The monoisotopic (exact) mass is 376 g/mol. The third-order valence-corrected chi connectivity index (χ3v) is 4.36. The van der Waals surface area contributed by atoms with Crippen LogP contribution in [0.3, 0.4) is 0 Å². The van der Waals surface area contributed by atoms with E-state index in [0.717, 1.165) is 37.9 Å². The van der Waals surface area contributed by atoms with Gasteiger partial charge in [-0.15, -0.1) is 0 Å². The van der Waals surface area contributed by atoms with E-state index in [9.17, 15) is 15.2 Å². The SMILES string of the molecule is O=[N+]([O-])c1ccc(NCC2CCCC(O)C2)cc1I. The molecular weight excluding hydrogens is 359 g/mol. The smallest absolute Gasteiger partial charge is 0.282 e. The first-order valence-corrected chi connectivity index (χ1v) is 7.50. The van der Waals surface area contributed by atoms with E-state index in [1.54, 1.807) is 12.1 Å². The van der Waals surface area contributed by atoms with Gasteiger partial charge in [0.1, 0.15) is 0 Å². The Kier molecular flexibility index (Phi) is 4.98. The fraction of sp³-hybridized carbons (Fsp3) is 0.538. The maximum Gasteiger partial charge on any atom is 0.282 e. The van der Waals surface area contributed by atoms with Crippen molar-refractivity contribution in [3.8, 4) is 0 Å². The quantitative estimate of drug-likeness (QED) is 0.481. The number of hydrogen-bond acceptors (Lipinski definition) is 4. The summed E-state index contributed by atoms with van der Waals surface area (Å²) in [4.78, 5) is 10.4. The molecule has 2 N–H and O–H groups in total. The van der Waals surface area contributed by atoms with E-state index in [-0.39, 0.29) is 16.7 Å². The van der Waals surface area contributed by atoms with E-state index in [1.165, 1.54) is 6.07 Å². The molecule has 0 amide bonds. The lowest BCUT2D eigenvalue weighted by Crippen LogP contribution is -2.25.